The summed E-state index contributed by atoms with van der Waals surface area (Å²) in [6.45, 7) is 11.1. The second kappa shape index (κ2) is 7.87. The third-order valence-corrected chi connectivity index (χ3v) is 4.44. The molecule has 1 aliphatic rings. The lowest BCUT2D eigenvalue weighted by atomic mass is 10.0. The molecule has 1 saturated heterocycles. The zero-order valence-electron chi connectivity index (χ0n) is 15.8. The van der Waals surface area contributed by atoms with E-state index >= 15 is 0 Å². The quantitative estimate of drug-likeness (QED) is 0.878. The van der Waals surface area contributed by atoms with Gasteiger partial charge in [-0.1, -0.05) is 6.92 Å². The van der Waals surface area contributed by atoms with Crippen LogP contribution in [0.5, 0.6) is 0 Å². The van der Waals surface area contributed by atoms with Crippen molar-refractivity contribution < 1.29 is 14.3 Å². The predicted octanol–water partition coefficient (Wildman–Crippen LogP) is 3.25. The van der Waals surface area contributed by atoms with E-state index in [0.29, 0.717) is 24.3 Å². The number of carbonyl (C=O) groups excluding carboxylic acids is 2. The molecule has 1 aromatic rings. The van der Waals surface area contributed by atoms with Crippen LogP contribution in [-0.4, -0.2) is 47.7 Å². The standard InChI is InChI=1S/C19H29N3O3/c1-6-19(4,5)21-17(23)15-7-9-16(10-8-15)20-18(24)22-11-13(2)25-14(3)12-22/h7-10,13-14H,6,11-12H2,1-5H3,(H,20,24)(H,21,23). The second-order valence-corrected chi connectivity index (χ2v) is 7.36. The van der Waals surface area contributed by atoms with E-state index in [2.05, 4.69) is 10.6 Å². The van der Waals surface area contributed by atoms with Crippen LogP contribution < -0.4 is 10.6 Å². The molecule has 1 aliphatic heterocycles. The Morgan fingerprint density at radius 1 is 1.16 bits per heavy atom. The van der Waals surface area contributed by atoms with Crippen LogP contribution in [-0.2, 0) is 4.74 Å². The molecule has 1 fully saturated rings. The maximum Gasteiger partial charge on any atom is 0.322 e. The van der Waals surface area contributed by atoms with Gasteiger partial charge >= 0.3 is 6.03 Å². The minimum absolute atomic E-state index is 0.0301. The van der Waals surface area contributed by atoms with Gasteiger partial charge in [0.2, 0.25) is 0 Å². The van der Waals surface area contributed by atoms with Crippen LogP contribution in [0.2, 0.25) is 0 Å². The number of urea groups is 1. The van der Waals surface area contributed by atoms with Crippen LogP contribution in [0.1, 0.15) is 51.4 Å². The van der Waals surface area contributed by atoms with Crippen LogP contribution in [0, 0.1) is 0 Å². The van der Waals surface area contributed by atoms with E-state index in [4.69, 9.17) is 4.74 Å². The van der Waals surface area contributed by atoms with Gasteiger partial charge in [0, 0.05) is 29.9 Å². The first-order valence-corrected chi connectivity index (χ1v) is 8.84. The summed E-state index contributed by atoms with van der Waals surface area (Å²) in [6, 6.07) is 6.80. The summed E-state index contributed by atoms with van der Waals surface area (Å²) in [6.07, 6.45) is 0.911. The highest BCUT2D eigenvalue weighted by Gasteiger charge is 2.26. The first kappa shape index (κ1) is 19.2. The molecule has 2 N–H and O–H groups in total. The Labute approximate surface area is 149 Å². The summed E-state index contributed by atoms with van der Waals surface area (Å²) in [5.74, 6) is -0.111. The molecule has 0 spiro atoms. The molecule has 2 rings (SSSR count). The van der Waals surface area contributed by atoms with Crippen molar-refractivity contribution in [2.45, 2.75) is 58.8 Å². The molecule has 2 unspecified atom stereocenters. The molecule has 1 aromatic carbocycles. The largest absolute Gasteiger partial charge is 0.372 e. The summed E-state index contributed by atoms with van der Waals surface area (Å²) in [4.78, 5) is 26.4. The third kappa shape index (κ3) is 5.46. The molecule has 0 bridgehead atoms. The number of ether oxygens (including phenoxy) is 1. The Morgan fingerprint density at radius 2 is 1.72 bits per heavy atom. The van der Waals surface area contributed by atoms with Crippen molar-refractivity contribution in [1.29, 1.82) is 0 Å². The van der Waals surface area contributed by atoms with Crippen LogP contribution in [0.4, 0.5) is 10.5 Å². The summed E-state index contributed by atoms with van der Waals surface area (Å²) < 4.78 is 5.64. The second-order valence-electron chi connectivity index (χ2n) is 7.36. The van der Waals surface area contributed by atoms with Gasteiger partial charge in [-0.3, -0.25) is 4.79 Å². The molecular weight excluding hydrogens is 318 g/mol. The van der Waals surface area contributed by atoms with E-state index in [1.54, 1.807) is 29.2 Å². The monoisotopic (exact) mass is 347 g/mol. The molecule has 3 amide bonds. The Kier molecular flexibility index (Phi) is 6.06. The lowest BCUT2D eigenvalue weighted by molar-refractivity contribution is -0.0530. The van der Waals surface area contributed by atoms with Crippen LogP contribution in [0.15, 0.2) is 24.3 Å². The van der Waals surface area contributed by atoms with E-state index < -0.39 is 0 Å². The Balaban J connectivity index is 1.96. The smallest absolute Gasteiger partial charge is 0.322 e. The van der Waals surface area contributed by atoms with E-state index in [0.717, 1.165) is 6.42 Å². The molecule has 0 radical (unpaired) electrons. The van der Waals surface area contributed by atoms with Gasteiger partial charge < -0.3 is 20.3 Å². The van der Waals surface area contributed by atoms with Gasteiger partial charge in [-0.25, -0.2) is 4.79 Å². The predicted molar refractivity (Wildman–Crippen MR) is 98.9 cm³/mol. The molecule has 0 aromatic heterocycles. The molecule has 0 aliphatic carbocycles. The highest BCUT2D eigenvalue weighted by molar-refractivity contribution is 5.96. The number of hydrogen-bond donors (Lipinski definition) is 2. The molecule has 6 heteroatoms. The molecule has 25 heavy (non-hydrogen) atoms. The summed E-state index contributed by atoms with van der Waals surface area (Å²) in [7, 11) is 0. The molecule has 0 saturated carbocycles. The molecule has 2 atom stereocenters. The minimum Gasteiger partial charge on any atom is -0.372 e. The van der Waals surface area contributed by atoms with Gasteiger partial charge in [-0.2, -0.15) is 0 Å². The molecule has 1 heterocycles. The SMILES string of the molecule is CCC(C)(C)NC(=O)c1ccc(NC(=O)N2CC(C)OC(C)C2)cc1. The average Bonchev–Trinajstić information content (AvgIpc) is 2.54. The summed E-state index contributed by atoms with van der Waals surface area (Å²) in [5.41, 5.74) is 1.00. The molecule has 6 nitrogen and oxygen atoms in total. The van der Waals surface area contributed by atoms with Crippen molar-refractivity contribution in [3.8, 4) is 0 Å². The van der Waals surface area contributed by atoms with E-state index in [1.165, 1.54) is 0 Å². The van der Waals surface area contributed by atoms with Crippen molar-refractivity contribution in [3.63, 3.8) is 0 Å². The van der Waals surface area contributed by atoms with Gasteiger partial charge in [-0.15, -0.1) is 0 Å². The number of rotatable bonds is 4. The van der Waals surface area contributed by atoms with Crippen molar-refractivity contribution in [1.82, 2.24) is 10.2 Å². The third-order valence-electron chi connectivity index (χ3n) is 4.44. The number of carbonyl (C=O) groups is 2. The van der Waals surface area contributed by atoms with Gasteiger partial charge in [0.25, 0.3) is 5.91 Å². The first-order valence-electron chi connectivity index (χ1n) is 8.84. The normalized spacial score (nSPS) is 20.9. The fourth-order valence-electron chi connectivity index (χ4n) is 2.72. The maximum atomic E-state index is 12.4. The van der Waals surface area contributed by atoms with Crippen LogP contribution in [0.25, 0.3) is 0 Å². The first-order chi connectivity index (χ1) is 11.7. The van der Waals surface area contributed by atoms with Crippen LogP contribution >= 0.6 is 0 Å². The molecular formula is C19H29N3O3. The highest BCUT2D eigenvalue weighted by atomic mass is 16.5. The van der Waals surface area contributed by atoms with E-state index in [9.17, 15) is 9.59 Å². The number of morpholine rings is 1. The summed E-state index contributed by atoms with van der Waals surface area (Å²) >= 11 is 0. The number of benzene rings is 1. The fraction of sp³-hybridized carbons (Fsp3) is 0.579. The van der Waals surface area contributed by atoms with Gasteiger partial charge in [0.05, 0.1) is 12.2 Å². The number of nitrogens with one attached hydrogen (secondary N) is 2. The fourth-order valence-corrected chi connectivity index (χ4v) is 2.72. The van der Waals surface area contributed by atoms with Gasteiger partial charge in [-0.05, 0) is 58.4 Å². The Bertz CT molecular complexity index is 603. The van der Waals surface area contributed by atoms with Crippen molar-refractivity contribution >= 4 is 17.6 Å². The Morgan fingerprint density at radius 3 is 2.24 bits per heavy atom. The average molecular weight is 347 g/mol. The van der Waals surface area contributed by atoms with Gasteiger partial charge in [0.1, 0.15) is 0 Å². The van der Waals surface area contributed by atoms with E-state index in [1.807, 2.05) is 34.6 Å². The van der Waals surface area contributed by atoms with Crippen molar-refractivity contribution in [2.24, 2.45) is 0 Å². The zero-order valence-corrected chi connectivity index (χ0v) is 15.8. The zero-order chi connectivity index (χ0) is 18.6. The maximum absolute atomic E-state index is 12.4. The minimum atomic E-state index is -0.242. The topological polar surface area (TPSA) is 70.7 Å². The lowest BCUT2D eigenvalue weighted by Gasteiger charge is -2.35. The number of hydrogen-bond acceptors (Lipinski definition) is 3. The van der Waals surface area contributed by atoms with E-state index in [-0.39, 0.29) is 29.7 Å². The lowest BCUT2D eigenvalue weighted by Crippen LogP contribution is -2.49. The highest BCUT2D eigenvalue weighted by Crippen LogP contribution is 2.15. The van der Waals surface area contributed by atoms with Crippen molar-refractivity contribution in [2.75, 3.05) is 18.4 Å². The number of nitrogens with zero attached hydrogens (tertiary/aromatic N) is 1. The number of amides is 3. The Hall–Kier alpha value is -2.08. The van der Waals surface area contributed by atoms with Crippen molar-refractivity contribution in [3.05, 3.63) is 29.8 Å². The van der Waals surface area contributed by atoms with Crippen LogP contribution in [0.3, 0.4) is 0 Å². The number of anilines is 1. The molecule has 138 valence electrons. The van der Waals surface area contributed by atoms with Gasteiger partial charge in [0.15, 0.2) is 0 Å². The summed E-state index contributed by atoms with van der Waals surface area (Å²) in [5, 5.41) is 5.87.